The maximum atomic E-state index is 11.9. The number of hydrogen-bond acceptors (Lipinski definition) is 3. The molecule has 0 aromatic carbocycles. The van der Waals surface area contributed by atoms with Gasteiger partial charge >= 0.3 is 0 Å². The predicted octanol–water partition coefficient (Wildman–Crippen LogP) is 1.84. The summed E-state index contributed by atoms with van der Waals surface area (Å²) < 4.78 is 0. The Hall–Kier alpha value is -0.610. The van der Waals surface area contributed by atoms with E-state index in [2.05, 4.69) is 45.1 Å². The standard InChI is InChI=1S/C15H33N3O/c1-6-12(10-16)9-15(19)17-11-14(18(4)5)13(7-2)8-3/h12-14H,6-11,16H2,1-5H3,(H,17,19). The van der Waals surface area contributed by atoms with E-state index in [-0.39, 0.29) is 5.91 Å². The lowest BCUT2D eigenvalue weighted by molar-refractivity contribution is -0.122. The maximum absolute atomic E-state index is 11.9. The Balaban J connectivity index is 4.28. The zero-order chi connectivity index (χ0) is 14.8. The molecule has 0 aliphatic rings. The fraction of sp³-hybridized carbons (Fsp3) is 0.933. The summed E-state index contributed by atoms with van der Waals surface area (Å²) in [6.45, 7) is 7.84. The summed E-state index contributed by atoms with van der Waals surface area (Å²) in [6.07, 6.45) is 3.81. The molecular formula is C15H33N3O. The van der Waals surface area contributed by atoms with Crippen LogP contribution >= 0.6 is 0 Å². The van der Waals surface area contributed by atoms with Gasteiger partial charge in [0.15, 0.2) is 0 Å². The molecule has 4 heteroatoms. The van der Waals surface area contributed by atoms with E-state index in [0.717, 1.165) is 25.8 Å². The van der Waals surface area contributed by atoms with Crippen molar-refractivity contribution in [3.63, 3.8) is 0 Å². The number of nitrogens with two attached hydrogens (primary N) is 1. The van der Waals surface area contributed by atoms with Gasteiger partial charge in [0.05, 0.1) is 0 Å². The van der Waals surface area contributed by atoms with E-state index in [1.165, 1.54) is 0 Å². The second kappa shape index (κ2) is 10.2. The molecule has 0 bridgehead atoms. The summed E-state index contributed by atoms with van der Waals surface area (Å²) in [4.78, 5) is 14.1. The molecule has 0 saturated carbocycles. The first-order chi connectivity index (χ1) is 8.99. The largest absolute Gasteiger partial charge is 0.355 e. The average molecular weight is 271 g/mol. The highest BCUT2D eigenvalue weighted by Crippen LogP contribution is 2.16. The number of carbonyl (C=O) groups excluding carboxylic acids is 1. The van der Waals surface area contributed by atoms with Crippen molar-refractivity contribution in [1.29, 1.82) is 0 Å². The summed E-state index contributed by atoms with van der Waals surface area (Å²) in [7, 11) is 4.17. The van der Waals surface area contributed by atoms with Gasteiger partial charge in [0.25, 0.3) is 0 Å². The molecule has 0 saturated heterocycles. The van der Waals surface area contributed by atoms with Crippen LogP contribution in [0.25, 0.3) is 0 Å². The number of rotatable bonds is 10. The highest BCUT2D eigenvalue weighted by molar-refractivity contribution is 5.76. The summed E-state index contributed by atoms with van der Waals surface area (Å²) in [5.74, 6) is 1.08. The first-order valence-corrected chi connectivity index (χ1v) is 7.63. The Kier molecular flexibility index (Phi) is 9.88. The van der Waals surface area contributed by atoms with Gasteiger partial charge in [0.1, 0.15) is 0 Å². The molecule has 4 nitrogen and oxygen atoms in total. The summed E-state index contributed by atoms with van der Waals surface area (Å²) >= 11 is 0. The van der Waals surface area contributed by atoms with E-state index in [0.29, 0.717) is 30.8 Å². The number of carbonyl (C=O) groups is 1. The van der Waals surface area contributed by atoms with Gasteiger partial charge in [0, 0.05) is 19.0 Å². The van der Waals surface area contributed by atoms with Gasteiger partial charge in [-0.2, -0.15) is 0 Å². The minimum Gasteiger partial charge on any atom is -0.355 e. The van der Waals surface area contributed by atoms with E-state index < -0.39 is 0 Å². The Morgan fingerprint density at radius 1 is 1.16 bits per heavy atom. The molecule has 0 heterocycles. The van der Waals surface area contributed by atoms with E-state index in [4.69, 9.17) is 5.73 Å². The Morgan fingerprint density at radius 3 is 2.11 bits per heavy atom. The Bertz CT molecular complexity index is 236. The van der Waals surface area contributed by atoms with Crippen LogP contribution in [0.1, 0.15) is 46.5 Å². The molecule has 114 valence electrons. The Labute approximate surface area is 119 Å². The van der Waals surface area contributed by atoms with Crippen molar-refractivity contribution in [3.05, 3.63) is 0 Å². The normalized spacial score (nSPS) is 14.7. The topological polar surface area (TPSA) is 58.4 Å². The molecule has 0 fully saturated rings. The molecule has 3 N–H and O–H groups in total. The van der Waals surface area contributed by atoms with Crippen molar-refractivity contribution in [2.24, 2.45) is 17.6 Å². The van der Waals surface area contributed by atoms with Crippen LogP contribution in [-0.4, -0.2) is 44.0 Å². The van der Waals surface area contributed by atoms with Crippen molar-refractivity contribution >= 4 is 5.91 Å². The molecule has 0 aromatic heterocycles. The van der Waals surface area contributed by atoms with Gasteiger partial charge in [-0.25, -0.2) is 0 Å². The molecule has 19 heavy (non-hydrogen) atoms. The molecule has 0 spiro atoms. The first-order valence-electron chi connectivity index (χ1n) is 7.63. The fourth-order valence-electron chi connectivity index (χ4n) is 2.55. The third-order valence-electron chi connectivity index (χ3n) is 4.15. The molecule has 2 atom stereocenters. The molecule has 0 rings (SSSR count). The number of nitrogens with one attached hydrogen (secondary N) is 1. The number of amides is 1. The zero-order valence-electron chi connectivity index (χ0n) is 13.4. The third kappa shape index (κ3) is 6.92. The van der Waals surface area contributed by atoms with Crippen LogP contribution in [0, 0.1) is 11.8 Å². The molecule has 0 aliphatic carbocycles. The predicted molar refractivity (Wildman–Crippen MR) is 82.0 cm³/mol. The van der Waals surface area contributed by atoms with E-state index in [1.807, 2.05) is 0 Å². The van der Waals surface area contributed by atoms with Crippen LogP contribution in [-0.2, 0) is 4.79 Å². The van der Waals surface area contributed by atoms with E-state index >= 15 is 0 Å². The van der Waals surface area contributed by atoms with Crippen molar-refractivity contribution in [3.8, 4) is 0 Å². The minimum absolute atomic E-state index is 0.134. The minimum atomic E-state index is 0.134. The lowest BCUT2D eigenvalue weighted by Crippen LogP contribution is -2.45. The van der Waals surface area contributed by atoms with Crippen molar-refractivity contribution < 1.29 is 4.79 Å². The van der Waals surface area contributed by atoms with Crippen molar-refractivity contribution in [2.75, 3.05) is 27.2 Å². The molecule has 1 amide bonds. The molecule has 0 aromatic rings. The highest BCUT2D eigenvalue weighted by atomic mass is 16.1. The van der Waals surface area contributed by atoms with E-state index in [9.17, 15) is 4.79 Å². The lowest BCUT2D eigenvalue weighted by atomic mass is 9.93. The van der Waals surface area contributed by atoms with Crippen LogP contribution in [0.15, 0.2) is 0 Å². The number of nitrogens with zero attached hydrogens (tertiary/aromatic N) is 1. The quantitative estimate of drug-likeness (QED) is 0.637. The molecule has 2 unspecified atom stereocenters. The first kappa shape index (κ1) is 18.4. The van der Waals surface area contributed by atoms with Crippen molar-refractivity contribution in [1.82, 2.24) is 10.2 Å². The molecule has 0 aliphatic heterocycles. The van der Waals surface area contributed by atoms with Crippen LogP contribution < -0.4 is 11.1 Å². The Morgan fingerprint density at radius 2 is 1.74 bits per heavy atom. The lowest BCUT2D eigenvalue weighted by Gasteiger charge is -2.31. The number of hydrogen-bond donors (Lipinski definition) is 2. The second-order valence-electron chi connectivity index (χ2n) is 5.63. The molecular weight excluding hydrogens is 238 g/mol. The highest BCUT2D eigenvalue weighted by Gasteiger charge is 2.21. The van der Waals surface area contributed by atoms with Gasteiger partial charge in [-0.3, -0.25) is 4.79 Å². The van der Waals surface area contributed by atoms with Gasteiger partial charge in [0.2, 0.25) is 5.91 Å². The van der Waals surface area contributed by atoms with E-state index in [1.54, 1.807) is 0 Å². The van der Waals surface area contributed by atoms with Crippen molar-refractivity contribution in [2.45, 2.75) is 52.5 Å². The van der Waals surface area contributed by atoms with Gasteiger partial charge < -0.3 is 16.0 Å². The van der Waals surface area contributed by atoms with Gasteiger partial charge in [-0.1, -0.05) is 40.0 Å². The third-order valence-corrected chi connectivity index (χ3v) is 4.15. The van der Waals surface area contributed by atoms with Gasteiger partial charge in [-0.05, 0) is 32.5 Å². The smallest absolute Gasteiger partial charge is 0.220 e. The van der Waals surface area contributed by atoms with Crippen LogP contribution in [0.4, 0.5) is 0 Å². The summed E-state index contributed by atoms with van der Waals surface area (Å²) in [5.41, 5.74) is 5.64. The molecule has 0 radical (unpaired) electrons. The van der Waals surface area contributed by atoms with Crippen LogP contribution in [0.2, 0.25) is 0 Å². The second-order valence-corrected chi connectivity index (χ2v) is 5.63. The van der Waals surface area contributed by atoms with Gasteiger partial charge in [-0.15, -0.1) is 0 Å². The summed E-state index contributed by atoms with van der Waals surface area (Å²) in [5, 5.41) is 3.08. The SMILES string of the molecule is CCC(CN)CC(=O)NCC(C(CC)CC)N(C)C. The number of likely N-dealkylation sites (N-methyl/N-ethyl adjacent to an activating group) is 1. The van der Waals surface area contributed by atoms with Crippen LogP contribution in [0.5, 0.6) is 0 Å². The van der Waals surface area contributed by atoms with Crippen LogP contribution in [0.3, 0.4) is 0 Å². The fourth-order valence-corrected chi connectivity index (χ4v) is 2.55. The average Bonchev–Trinajstić information content (AvgIpc) is 2.40. The monoisotopic (exact) mass is 271 g/mol. The summed E-state index contributed by atoms with van der Waals surface area (Å²) in [6, 6.07) is 0.414. The zero-order valence-corrected chi connectivity index (χ0v) is 13.4. The maximum Gasteiger partial charge on any atom is 0.220 e.